The zero-order valence-corrected chi connectivity index (χ0v) is 12.5. The van der Waals surface area contributed by atoms with Gasteiger partial charge in [0.1, 0.15) is 0 Å². The molecule has 1 aliphatic heterocycles. The highest BCUT2D eigenvalue weighted by Crippen LogP contribution is 2.25. The zero-order valence-electron chi connectivity index (χ0n) is 12.5. The van der Waals surface area contributed by atoms with Crippen molar-refractivity contribution in [3.8, 4) is 0 Å². The van der Waals surface area contributed by atoms with Gasteiger partial charge in [-0.1, -0.05) is 12.8 Å². The molecule has 2 rings (SSSR count). The van der Waals surface area contributed by atoms with Crippen LogP contribution < -0.4 is 5.32 Å². The van der Waals surface area contributed by atoms with Gasteiger partial charge in [-0.2, -0.15) is 0 Å². The third kappa shape index (κ3) is 3.69. The Hall–Kier alpha value is -0.120. The van der Waals surface area contributed by atoms with E-state index in [1.807, 2.05) is 0 Å². The second-order valence-electron chi connectivity index (χ2n) is 6.44. The van der Waals surface area contributed by atoms with Crippen molar-refractivity contribution in [3.05, 3.63) is 0 Å². The van der Waals surface area contributed by atoms with Crippen LogP contribution in [0.2, 0.25) is 0 Å². The Labute approximate surface area is 113 Å². The first-order chi connectivity index (χ1) is 8.70. The van der Waals surface area contributed by atoms with Crippen LogP contribution in [0.4, 0.5) is 0 Å². The normalized spacial score (nSPS) is 34.3. The number of rotatable bonds is 5. The Morgan fingerprint density at radius 3 is 2.56 bits per heavy atom. The molecule has 0 radical (unpaired) electrons. The van der Waals surface area contributed by atoms with Crippen LogP contribution in [0, 0.1) is 5.92 Å². The van der Waals surface area contributed by atoms with Gasteiger partial charge in [0.05, 0.1) is 0 Å². The number of likely N-dealkylation sites (N-methyl/N-ethyl adjacent to an activating group) is 2. The lowest BCUT2D eigenvalue weighted by atomic mass is 9.84. The minimum atomic E-state index is 0.752. The Morgan fingerprint density at radius 1 is 1.11 bits per heavy atom. The number of hydrogen-bond donors (Lipinski definition) is 1. The lowest BCUT2D eigenvalue weighted by Gasteiger charge is -2.35. The fraction of sp³-hybridized carbons (Fsp3) is 1.00. The summed E-state index contributed by atoms with van der Waals surface area (Å²) < 4.78 is 0. The van der Waals surface area contributed by atoms with Crippen molar-refractivity contribution < 1.29 is 0 Å². The van der Waals surface area contributed by atoms with Gasteiger partial charge in [-0.25, -0.2) is 0 Å². The molecule has 3 nitrogen and oxygen atoms in total. The smallest absolute Gasteiger partial charge is 0.0220 e. The van der Waals surface area contributed by atoms with Crippen LogP contribution in [0.25, 0.3) is 0 Å². The summed E-state index contributed by atoms with van der Waals surface area (Å²) >= 11 is 0. The molecule has 2 fully saturated rings. The molecular formula is C15H31N3. The van der Waals surface area contributed by atoms with Crippen molar-refractivity contribution in [3.63, 3.8) is 0 Å². The minimum absolute atomic E-state index is 0.752. The molecule has 1 heterocycles. The van der Waals surface area contributed by atoms with E-state index < -0.39 is 0 Å². The average molecular weight is 253 g/mol. The first-order valence-corrected chi connectivity index (χ1v) is 7.76. The van der Waals surface area contributed by atoms with E-state index in [1.54, 1.807) is 0 Å². The fourth-order valence-electron chi connectivity index (χ4n) is 3.85. The second kappa shape index (κ2) is 6.88. The van der Waals surface area contributed by atoms with Crippen molar-refractivity contribution in [1.82, 2.24) is 15.1 Å². The summed E-state index contributed by atoms with van der Waals surface area (Å²) in [5, 5.41) is 3.52. The molecule has 0 aromatic carbocycles. The van der Waals surface area contributed by atoms with Crippen LogP contribution in [0.5, 0.6) is 0 Å². The maximum atomic E-state index is 3.52. The predicted octanol–water partition coefficient (Wildman–Crippen LogP) is 1.79. The molecule has 1 saturated heterocycles. The lowest BCUT2D eigenvalue weighted by Crippen LogP contribution is -2.44. The molecule has 0 amide bonds. The number of likely N-dealkylation sites (tertiary alicyclic amines) is 1. The third-order valence-corrected chi connectivity index (χ3v) is 5.02. The molecule has 3 unspecified atom stereocenters. The summed E-state index contributed by atoms with van der Waals surface area (Å²) in [5.41, 5.74) is 0. The van der Waals surface area contributed by atoms with E-state index >= 15 is 0 Å². The highest BCUT2D eigenvalue weighted by molar-refractivity contribution is 4.84. The van der Waals surface area contributed by atoms with Crippen LogP contribution in [0.3, 0.4) is 0 Å². The lowest BCUT2D eigenvalue weighted by molar-refractivity contribution is 0.163. The molecule has 1 saturated carbocycles. The summed E-state index contributed by atoms with van der Waals surface area (Å²) in [7, 11) is 6.73. The highest BCUT2D eigenvalue weighted by atomic mass is 15.2. The third-order valence-electron chi connectivity index (χ3n) is 5.02. The number of nitrogens with zero attached hydrogens (tertiary/aromatic N) is 2. The maximum Gasteiger partial charge on any atom is 0.0220 e. The quantitative estimate of drug-likeness (QED) is 0.806. The summed E-state index contributed by atoms with van der Waals surface area (Å²) in [5.74, 6) is 0.862. The monoisotopic (exact) mass is 253 g/mol. The maximum absolute atomic E-state index is 3.52. The van der Waals surface area contributed by atoms with Gasteiger partial charge >= 0.3 is 0 Å². The SMILES string of the molecule is CNC1CCCCC1CN(C)CC1CCCN1C. The van der Waals surface area contributed by atoms with Gasteiger partial charge in [-0.3, -0.25) is 0 Å². The van der Waals surface area contributed by atoms with E-state index in [0.29, 0.717) is 0 Å². The Morgan fingerprint density at radius 2 is 1.89 bits per heavy atom. The van der Waals surface area contributed by atoms with Gasteiger partial charge < -0.3 is 15.1 Å². The molecule has 18 heavy (non-hydrogen) atoms. The molecule has 0 spiro atoms. The first kappa shape index (κ1) is 14.3. The zero-order chi connectivity index (χ0) is 13.0. The summed E-state index contributed by atoms with van der Waals surface area (Å²) in [6.45, 7) is 3.82. The molecule has 3 heteroatoms. The average Bonchev–Trinajstić information content (AvgIpc) is 2.75. The number of hydrogen-bond acceptors (Lipinski definition) is 3. The molecule has 1 N–H and O–H groups in total. The van der Waals surface area contributed by atoms with Crippen molar-refractivity contribution in [2.45, 2.75) is 50.6 Å². The van der Waals surface area contributed by atoms with Crippen molar-refractivity contribution in [2.24, 2.45) is 5.92 Å². The first-order valence-electron chi connectivity index (χ1n) is 7.76. The van der Waals surface area contributed by atoms with Gasteiger partial charge in [0.25, 0.3) is 0 Å². The van der Waals surface area contributed by atoms with Crippen LogP contribution in [-0.2, 0) is 0 Å². The van der Waals surface area contributed by atoms with Gasteiger partial charge in [-0.15, -0.1) is 0 Å². The summed E-state index contributed by atoms with van der Waals surface area (Å²) in [6, 6.07) is 1.55. The van der Waals surface area contributed by atoms with Crippen molar-refractivity contribution in [1.29, 1.82) is 0 Å². The molecule has 3 atom stereocenters. The largest absolute Gasteiger partial charge is 0.317 e. The number of nitrogens with one attached hydrogen (secondary N) is 1. The second-order valence-corrected chi connectivity index (χ2v) is 6.44. The van der Waals surface area contributed by atoms with Crippen LogP contribution in [0.15, 0.2) is 0 Å². The van der Waals surface area contributed by atoms with Gasteiger partial charge in [-0.05, 0) is 59.3 Å². The van der Waals surface area contributed by atoms with Crippen molar-refractivity contribution >= 4 is 0 Å². The van der Waals surface area contributed by atoms with E-state index in [4.69, 9.17) is 0 Å². The van der Waals surface area contributed by atoms with E-state index in [2.05, 4.69) is 36.3 Å². The van der Waals surface area contributed by atoms with Crippen LogP contribution in [0.1, 0.15) is 38.5 Å². The molecule has 0 aromatic heterocycles. The Bertz CT molecular complexity index is 244. The van der Waals surface area contributed by atoms with Gasteiger partial charge in [0.2, 0.25) is 0 Å². The van der Waals surface area contributed by atoms with Gasteiger partial charge in [0.15, 0.2) is 0 Å². The van der Waals surface area contributed by atoms with Crippen LogP contribution in [-0.4, -0.2) is 62.7 Å². The summed E-state index contributed by atoms with van der Waals surface area (Å²) in [6.07, 6.45) is 8.41. The summed E-state index contributed by atoms with van der Waals surface area (Å²) in [4.78, 5) is 5.11. The van der Waals surface area contributed by atoms with E-state index in [9.17, 15) is 0 Å². The Balaban J connectivity index is 1.76. The van der Waals surface area contributed by atoms with Crippen LogP contribution >= 0.6 is 0 Å². The topological polar surface area (TPSA) is 18.5 Å². The van der Waals surface area contributed by atoms with E-state index in [-0.39, 0.29) is 0 Å². The highest BCUT2D eigenvalue weighted by Gasteiger charge is 2.27. The fourth-order valence-corrected chi connectivity index (χ4v) is 3.85. The predicted molar refractivity (Wildman–Crippen MR) is 78.0 cm³/mol. The molecular weight excluding hydrogens is 222 g/mol. The standard InChI is InChI=1S/C15H31N3/c1-16-15-9-5-4-7-13(15)11-17(2)12-14-8-6-10-18(14)3/h13-16H,4-12H2,1-3H3. The molecule has 0 bridgehead atoms. The van der Waals surface area contributed by atoms with E-state index in [0.717, 1.165) is 18.0 Å². The molecule has 106 valence electrons. The molecule has 1 aliphatic carbocycles. The molecule has 0 aromatic rings. The Kier molecular flexibility index (Phi) is 5.46. The minimum Gasteiger partial charge on any atom is -0.317 e. The van der Waals surface area contributed by atoms with Crippen molar-refractivity contribution in [2.75, 3.05) is 40.8 Å². The molecule has 2 aliphatic rings. The van der Waals surface area contributed by atoms with E-state index in [1.165, 1.54) is 58.2 Å². The van der Waals surface area contributed by atoms with Gasteiger partial charge in [0, 0.05) is 25.2 Å².